The molecule has 5 aromatic rings. The first-order chi connectivity index (χ1) is 31.0. The summed E-state index contributed by atoms with van der Waals surface area (Å²) in [7, 11) is -2.95. The molecule has 0 spiro atoms. The summed E-state index contributed by atoms with van der Waals surface area (Å²) >= 11 is 0. The molecule has 5 N–H and O–H groups in total. The summed E-state index contributed by atoms with van der Waals surface area (Å²) in [5.41, 5.74) is -0.299. The lowest BCUT2D eigenvalue weighted by Crippen LogP contribution is -2.52. The number of piperazine rings is 1. The van der Waals surface area contributed by atoms with Crippen LogP contribution in [-0.2, 0) is 24.6 Å². The molecule has 0 saturated carbocycles. The van der Waals surface area contributed by atoms with Crippen LogP contribution in [0.15, 0.2) is 67.1 Å². The molecule has 2 aromatic carbocycles. The van der Waals surface area contributed by atoms with Gasteiger partial charge in [-0.2, -0.15) is 12.7 Å². The average molecular weight is 917 g/mol. The molecule has 17 nitrogen and oxygen atoms in total. The third-order valence-corrected chi connectivity index (χ3v) is 13.8. The molecule has 3 aromatic heterocycles. The van der Waals surface area contributed by atoms with Crippen LogP contribution in [0.1, 0.15) is 54.9 Å². The molecule has 0 bridgehead atoms. The zero-order valence-corrected chi connectivity index (χ0v) is 36.4. The fourth-order valence-electron chi connectivity index (χ4n) is 8.26. The van der Waals surface area contributed by atoms with Gasteiger partial charge in [0.25, 0.3) is 0 Å². The number of anilines is 4. The summed E-state index contributed by atoms with van der Waals surface area (Å²) in [5.74, 6) is -3.91. The van der Waals surface area contributed by atoms with Crippen molar-refractivity contribution in [2.75, 3.05) is 72.7 Å². The number of carbonyl (C=O) groups is 4. The molecular formula is C44H47F3N10O7S. The van der Waals surface area contributed by atoms with Gasteiger partial charge in [0.2, 0.25) is 17.7 Å². The second-order valence-electron chi connectivity index (χ2n) is 16.5. The van der Waals surface area contributed by atoms with E-state index >= 15 is 8.78 Å². The third kappa shape index (κ3) is 9.62. The number of nitrogens with one attached hydrogen (secondary N) is 4. The first-order valence-electron chi connectivity index (χ1n) is 21.1. The largest absolute Gasteiger partial charge is 0.389 e. The monoisotopic (exact) mass is 916 g/mol. The molecule has 65 heavy (non-hydrogen) atoms. The van der Waals surface area contributed by atoms with Crippen molar-refractivity contribution in [1.82, 2.24) is 29.5 Å². The van der Waals surface area contributed by atoms with E-state index < -0.39 is 62.2 Å². The first kappa shape index (κ1) is 45.0. The highest BCUT2D eigenvalue weighted by Gasteiger charge is 2.37. The van der Waals surface area contributed by atoms with Crippen LogP contribution in [0.2, 0.25) is 0 Å². The molecule has 0 aliphatic carbocycles. The first-order valence-corrected chi connectivity index (χ1v) is 22.6. The lowest BCUT2D eigenvalue weighted by molar-refractivity contribution is -0.138. The molecule has 8 rings (SSSR count). The van der Waals surface area contributed by atoms with Crippen LogP contribution in [0.3, 0.4) is 0 Å². The van der Waals surface area contributed by atoms with Crippen LogP contribution in [0.4, 0.5) is 36.1 Å². The smallest absolute Gasteiger partial charge is 0.301 e. The number of aliphatic hydroxyl groups is 1. The van der Waals surface area contributed by atoms with Crippen molar-refractivity contribution in [2.45, 2.75) is 50.7 Å². The normalized spacial score (nSPS) is 18.0. The maximum atomic E-state index is 15.6. The summed E-state index contributed by atoms with van der Waals surface area (Å²) in [6, 6.07) is 10.6. The number of H-pyrrole nitrogens is 1. The van der Waals surface area contributed by atoms with Crippen LogP contribution in [0.5, 0.6) is 0 Å². The number of aromatic nitrogens is 3. The van der Waals surface area contributed by atoms with Gasteiger partial charge < -0.3 is 30.1 Å². The molecule has 0 radical (unpaired) electrons. The molecule has 6 heterocycles. The van der Waals surface area contributed by atoms with Crippen molar-refractivity contribution in [3.63, 3.8) is 0 Å². The Morgan fingerprint density at radius 3 is 2.34 bits per heavy atom. The summed E-state index contributed by atoms with van der Waals surface area (Å²) < 4.78 is 73.5. The van der Waals surface area contributed by atoms with E-state index in [1.807, 2.05) is 26.7 Å². The van der Waals surface area contributed by atoms with Crippen molar-refractivity contribution in [2.24, 2.45) is 0 Å². The van der Waals surface area contributed by atoms with E-state index in [2.05, 4.69) is 25.6 Å². The molecule has 342 valence electrons. The van der Waals surface area contributed by atoms with E-state index in [-0.39, 0.29) is 49.6 Å². The number of imide groups is 1. The zero-order valence-electron chi connectivity index (χ0n) is 35.5. The van der Waals surface area contributed by atoms with E-state index in [9.17, 15) is 37.1 Å². The Kier molecular flexibility index (Phi) is 12.5. The Bertz CT molecular complexity index is 2780. The van der Waals surface area contributed by atoms with Gasteiger partial charge in [0.1, 0.15) is 29.1 Å². The minimum absolute atomic E-state index is 0.00601. The number of amides is 3. The minimum Gasteiger partial charge on any atom is -0.389 e. The number of hydrogen-bond donors (Lipinski definition) is 5. The van der Waals surface area contributed by atoms with Crippen molar-refractivity contribution in [1.29, 1.82) is 0 Å². The summed E-state index contributed by atoms with van der Waals surface area (Å²) in [4.78, 5) is 68.2. The number of piperidine rings is 2. The molecule has 1 atom stereocenters. The highest BCUT2D eigenvalue weighted by molar-refractivity contribution is 7.90. The van der Waals surface area contributed by atoms with Gasteiger partial charge >= 0.3 is 10.2 Å². The van der Waals surface area contributed by atoms with Crippen molar-refractivity contribution < 1.29 is 45.9 Å². The number of benzene rings is 2. The van der Waals surface area contributed by atoms with Gasteiger partial charge in [-0.3, -0.25) is 29.2 Å². The number of nitrogens with zero attached hydrogens (tertiary/aromatic N) is 6. The van der Waals surface area contributed by atoms with Crippen LogP contribution in [0.25, 0.3) is 22.2 Å². The standard InChI is InChI=1S/C44H47F3N10O7S/c1-3-54(2)65(63,64)53-35-20-28(45)19-31(40(35)47)41(60)32-25-50-42-30(32)18-27(24-49-42)26-4-8-37(48-23-26)56-14-16-57(17-15-56)39(59)22-44(62)10-12-55(13-11-44)36-7-5-29(21-33(36)46)51-34-6-9-38(58)52-43(34)61/h4-5,7-8,18-21,23-25,34,51,53,62H,3,6,9-17,22H2,1-2H3,(H,49,50)(H,52,58,61). The van der Waals surface area contributed by atoms with Gasteiger partial charge in [-0.1, -0.05) is 6.92 Å². The number of rotatable bonds is 13. The summed E-state index contributed by atoms with van der Waals surface area (Å²) in [5, 5.41) is 17.0. The Labute approximate surface area is 372 Å². The number of pyridine rings is 2. The van der Waals surface area contributed by atoms with Gasteiger partial charge in [0, 0.05) is 112 Å². The lowest BCUT2D eigenvalue weighted by atomic mass is 9.87. The van der Waals surface area contributed by atoms with Gasteiger partial charge in [0.15, 0.2) is 11.6 Å². The van der Waals surface area contributed by atoms with Crippen LogP contribution < -0.4 is 25.2 Å². The zero-order chi connectivity index (χ0) is 46.2. The molecule has 1 unspecified atom stereocenters. The predicted octanol–water partition coefficient (Wildman–Crippen LogP) is 4.17. The Morgan fingerprint density at radius 2 is 1.66 bits per heavy atom. The quantitative estimate of drug-likeness (QED) is 0.0833. The fraction of sp³-hybridized carbons (Fsp3) is 0.364. The second kappa shape index (κ2) is 18.1. The number of ketones is 1. The Morgan fingerprint density at radius 1 is 0.923 bits per heavy atom. The lowest BCUT2D eigenvalue weighted by Gasteiger charge is -2.41. The molecule has 3 aliphatic heterocycles. The van der Waals surface area contributed by atoms with E-state index in [1.54, 1.807) is 42.4 Å². The number of carbonyl (C=O) groups excluding carboxylic acids is 4. The third-order valence-electron chi connectivity index (χ3n) is 12.2. The van der Waals surface area contributed by atoms with Crippen LogP contribution in [0, 0.1) is 17.5 Å². The summed E-state index contributed by atoms with van der Waals surface area (Å²) in [6.45, 7) is 4.13. The van der Waals surface area contributed by atoms with E-state index in [4.69, 9.17) is 0 Å². The Hall–Kier alpha value is -6.58. The molecule has 3 amide bonds. The van der Waals surface area contributed by atoms with Crippen molar-refractivity contribution in [3.05, 3.63) is 95.7 Å². The highest BCUT2D eigenvalue weighted by Crippen LogP contribution is 2.33. The number of aromatic amines is 1. The molecule has 21 heteroatoms. The van der Waals surface area contributed by atoms with E-state index in [1.165, 1.54) is 19.3 Å². The Balaban J connectivity index is 0.850. The van der Waals surface area contributed by atoms with Gasteiger partial charge in [-0.15, -0.1) is 0 Å². The second-order valence-corrected chi connectivity index (χ2v) is 18.2. The average Bonchev–Trinajstić information content (AvgIpc) is 3.72. The predicted molar refractivity (Wildman–Crippen MR) is 236 cm³/mol. The maximum Gasteiger partial charge on any atom is 0.301 e. The van der Waals surface area contributed by atoms with Crippen LogP contribution in [-0.4, -0.2) is 126 Å². The summed E-state index contributed by atoms with van der Waals surface area (Å²) in [6.07, 6.45) is 5.54. The molecule has 3 fully saturated rings. The van der Waals surface area contributed by atoms with E-state index in [0.717, 1.165) is 4.31 Å². The number of halogens is 3. The molecular weight excluding hydrogens is 870 g/mol. The van der Waals surface area contributed by atoms with Gasteiger partial charge in [0.05, 0.1) is 29.0 Å². The van der Waals surface area contributed by atoms with Crippen LogP contribution >= 0.6 is 0 Å². The molecule has 3 aliphatic rings. The van der Waals surface area contributed by atoms with E-state index in [0.29, 0.717) is 97.2 Å². The van der Waals surface area contributed by atoms with Gasteiger partial charge in [-0.25, -0.2) is 23.1 Å². The number of fused-ring (bicyclic) bond motifs is 1. The van der Waals surface area contributed by atoms with Crippen molar-refractivity contribution >= 4 is 67.6 Å². The van der Waals surface area contributed by atoms with Crippen molar-refractivity contribution in [3.8, 4) is 11.1 Å². The highest BCUT2D eigenvalue weighted by atomic mass is 32.2. The van der Waals surface area contributed by atoms with Gasteiger partial charge in [-0.05, 0) is 61.7 Å². The molecule has 3 saturated heterocycles. The topological polar surface area (TPSA) is 213 Å². The number of hydrogen-bond acceptors (Lipinski definition) is 12. The SMILES string of the molecule is CCN(C)S(=O)(=O)Nc1cc(F)cc(C(=O)c2c[nH]c3ncc(-c4ccc(N5CCN(C(=O)CC6(O)CCN(c7ccc(NC8CCC(=O)NC8=O)cc7F)CC6)CC5)nc4)cc23)c1F. The minimum atomic E-state index is -4.21. The fourth-order valence-corrected chi connectivity index (χ4v) is 9.18. The maximum absolute atomic E-state index is 15.6.